The molecule has 9 heteroatoms. The van der Waals surface area contributed by atoms with E-state index in [9.17, 15) is 4.79 Å². The monoisotopic (exact) mass is 377 g/mol. The largest absolute Gasteiger partial charge is 0.443 e. The van der Waals surface area contributed by atoms with Gasteiger partial charge in [0.1, 0.15) is 12.0 Å². The Morgan fingerprint density at radius 1 is 1.32 bits per heavy atom. The lowest BCUT2D eigenvalue weighted by atomic mass is 10.1. The van der Waals surface area contributed by atoms with Gasteiger partial charge in [-0.2, -0.15) is 5.10 Å². The summed E-state index contributed by atoms with van der Waals surface area (Å²) in [6.45, 7) is 4.86. The van der Waals surface area contributed by atoms with E-state index in [2.05, 4.69) is 25.4 Å². The summed E-state index contributed by atoms with van der Waals surface area (Å²) >= 11 is 0. The zero-order valence-corrected chi connectivity index (χ0v) is 15.5. The van der Waals surface area contributed by atoms with Crippen molar-refractivity contribution in [2.24, 2.45) is 0 Å². The van der Waals surface area contributed by atoms with Crippen molar-refractivity contribution in [2.75, 3.05) is 5.73 Å². The molecule has 142 valence electrons. The number of hydrogen-bond acceptors (Lipinski definition) is 7. The Morgan fingerprint density at radius 2 is 2.18 bits per heavy atom. The first-order valence-corrected chi connectivity index (χ1v) is 8.84. The zero-order chi connectivity index (χ0) is 19.7. The van der Waals surface area contributed by atoms with E-state index in [4.69, 9.17) is 10.2 Å². The van der Waals surface area contributed by atoms with E-state index in [1.165, 1.54) is 12.5 Å². The minimum Gasteiger partial charge on any atom is -0.443 e. The number of fused-ring (bicyclic) bond motifs is 1. The molecular formula is C19H19N7O2. The van der Waals surface area contributed by atoms with Crippen molar-refractivity contribution < 1.29 is 9.21 Å². The first-order chi connectivity index (χ1) is 13.6. The number of hydrogen-bond donors (Lipinski definition) is 2. The fraction of sp³-hybridized carbons (Fsp3) is 0.211. The molecule has 3 aromatic heterocycles. The lowest BCUT2D eigenvalue weighted by Gasteiger charge is -2.09. The average molecular weight is 377 g/mol. The number of carbonyl (C=O) groups excluding carboxylic acids is 1. The van der Waals surface area contributed by atoms with Gasteiger partial charge in [0, 0.05) is 24.7 Å². The molecule has 1 amide bonds. The number of nitrogen functional groups attached to an aromatic ring is 1. The second kappa shape index (κ2) is 7.10. The highest BCUT2D eigenvalue weighted by Gasteiger charge is 2.19. The van der Waals surface area contributed by atoms with Gasteiger partial charge in [0.05, 0.1) is 17.4 Å². The van der Waals surface area contributed by atoms with Crippen LogP contribution in [0.1, 0.15) is 28.7 Å². The van der Waals surface area contributed by atoms with Crippen molar-refractivity contribution in [3.05, 3.63) is 53.8 Å². The molecule has 28 heavy (non-hydrogen) atoms. The SMILES string of the molecule is CCn1cc2c(CNC(=O)c3nc(C)c(-c4ncco4)nc3N)cccc2n1. The molecular weight excluding hydrogens is 358 g/mol. The minimum atomic E-state index is -0.396. The normalized spacial score (nSPS) is 11.1. The Labute approximate surface area is 160 Å². The quantitative estimate of drug-likeness (QED) is 0.547. The molecule has 0 saturated carbocycles. The van der Waals surface area contributed by atoms with Gasteiger partial charge in [-0.1, -0.05) is 12.1 Å². The van der Waals surface area contributed by atoms with Gasteiger partial charge in [0.25, 0.3) is 5.91 Å². The van der Waals surface area contributed by atoms with Crippen LogP contribution >= 0.6 is 0 Å². The molecule has 0 bridgehead atoms. The lowest BCUT2D eigenvalue weighted by molar-refractivity contribution is 0.0946. The van der Waals surface area contributed by atoms with Gasteiger partial charge >= 0.3 is 0 Å². The van der Waals surface area contributed by atoms with Crippen LogP contribution in [0.2, 0.25) is 0 Å². The summed E-state index contributed by atoms with van der Waals surface area (Å²) in [6, 6.07) is 5.82. The van der Waals surface area contributed by atoms with Crippen LogP contribution in [0.4, 0.5) is 5.82 Å². The van der Waals surface area contributed by atoms with Gasteiger partial charge in [-0.3, -0.25) is 9.48 Å². The van der Waals surface area contributed by atoms with Gasteiger partial charge in [0.15, 0.2) is 11.5 Å². The Bertz CT molecular complexity index is 1150. The van der Waals surface area contributed by atoms with E-state index in [0.717, 1.165) is 23.0 Å². The maximum Gasteiger partial charge on any atom is 0.273 e. The van der Waals surface area contributed by atoms with Crippen molar-refractivity contribution in [2.45, 2.75) is 26.9 Å². The number of nitrogens with zero attached hydrogens (tertiary/aromatic N) is 5. The summed E-state index contributed by atoms with van der Waals surface area (Å²) in [5.74, 6) is -0.0662. The van der Waals surface area contributed by atoms with Crippen LogP contribution in [0, 0.1) is 6.92 Å². The third-order valence-corrected chi connectivity index (χ3v) is 4.40. The van der Waals surface area contributed by atoms with E-state index in [1.54, 1.807) is 6.92 Å². The third kappa shape index (κ3) is 3.18. The molecule has 0 radical (unpaired) electrons. The number of nitrogens with one attached hydrogen (secondary N) is 1. The molecule has 0 atom stereocenters. The molecule has 1 aromatic carbocycles. The number of oxazole rings is 1. The Morgan fingerprint density at radius 3 is 2.93 bits per heavy atom. The van der Waals surface area contributed by atoms with Crippen molar-refractivity contribution in [1.29, 1.82) is 0 Å². The molecule has 0 aliphatic rings. The predicted octanol–water partition coefficient (Wildman–Crippen LogP) is 2.32. The second-order valence-corrected chi connectivity index (χ2v) is 6.25. The molecule has 4 aromatic rings. The maximum absolute atomic E-state index is 12.6. The summed E-state index contributed by atoms with van der Waals surface area (Å²) in [6.07, 6.45) is 4.92. The Kier molecular flexibility index (Phi) is 4.48. The fourth-order valence-electron chi connectivity index (χ4n) is 2.97. The molecule has 9 nitrogen and oxygen atoms in total. The molecule has 0 unspecified atom stereocenters. The highest BCUT2D eigenvalue weighted by Crippen LogP contribution is 2.21. The molecule has 0 saturated heterocycles. The molecule has 0 spiro atoms. The van der Waals surface area contributed by atoms with E-state index < -0.39 is 5.91 Å². The van der Waals surface area contributed by atoms with Crippen molar-refractivity contribution >= 4 is 22.6 Å². The number of nitrogens with two attached hydrogens (primary N) is 1. The third-order valence-electron chi connectivity index (χ3n) is 4.40. The molecule has 4 rings (SSSR count). The summed E-state index contributed by atoms with van der Waals surface area (Å²) in [7, 11) is 0. The lowest BCUT2D eigenvalue weighted by Crippen LogP contribution is -2.26. The van der Waals surface area contributed by atoms with E-state index in [-0.39, 0.29) is 11.5 Å². The van der Waals surface area contributed by atoms with Crippen molar-refractivity contribution in [3.63, 3.8) is 0 Å². The number of benzene rings is 1. The van der Waals surface area contributed by atoms with E-state index in [1.807, 2.05) is 36.0 Å². The fourth-order valence-corrected chi connectivity index (χ4v) is 2.97. The van der Waals surface area contributed by atoms with Crippen LogP contribution in [0.3, 0.4) is 0 Å². The van der Waals surface area contributed by atoms with Crippen LogP contribution in [0.15, 0.2) is 41.3 Å². The number of amides is 1. The number of aromatic nitrogens is 5. The molecule has 0 aliphatic heterocycles. The van der Waals surface area contributed by atoms with Crippen LogP contribution in [-0.4, -0.2) is 30.6 Å². The first-order valence-electron chi connectivity index (χ1n) is 8.84. The maximum atomic E-state index is 12.6. The number of aryl methyl sites for hydroxylation is 2. The molecule has 3 heterocycles. The summed E-state index contributed by atoms with van der Waals surface area (Å²) < 4.78 is 7.10. The number of anilines is 1. The van der Waals surface area contributed by atoms with Crippen LogP contribution in [0.5, 0.6) is 0 Å². The first kappa shape index (κ1) is 17.7. The summed E-state index contributed by atoms with van der Waals surface area (Å²) in [5, 5.41) is 8.34. The van der Waals surface area contributed by atoms with Gasteiger partial charge in [-0.25, -0.2) is 15.0 Å². The summed E-state index contributed by atoms with van der Waals surface area (Å²) in [5.41, 5.74) is 8.81. The minimum absolute atomic E-state index is 0.0216. The number of carbonyl (C=O) groups is 1. The van der Waals surface area contributed by atoms with Crippen molar-refractivity contribution in [1.82, 2.24) is 30.0 Å². The predicted molar refractivity (Wildman–Crippen MR) is 103 cm³/mol. The molecule has 3 N–H and O–H groups in total. The highest BCUT2D eigenvalue weighted by atomic mass is 16.3. The molecule has 0 aliphatic carbocycles. The van der Waals surface area contributed by atoms with Gasteiger partial charge in [-0.05, 0) is 25.5 Å². The van der Waals surface area contributed by atoms with Gasteiger partial charge in [-0.15, -0.1) is 0 Å². The topological polar surface area (TPSA) is 125 Å². The van der Waals surface area contributed by atoms with Crippen LogP contribution < -0.4 is 11.1 Å². The highest BCUT2D eigenvalue weighted by molar-refractivity contribution is 5.97. The van der Waals surface area contributed by atoms with Gasteiger partial charge in [0.2, 0.25) is 5.89 Å². The van der Waals surface area contributed by atoms with Crippen molar-refractivity contribution in [3.8, 4) is 11.6 Å². The smallest absolute Gasteiger partial charge is 0.273 e. The average Bonchev–Trinajstić information content (AvgIpc) is 3.37. The standard InChI is InChI=1S/C19H19N7O2/c1-3-26-10-13-12(5-4-6-14(13)25-26)9-22-18(27)16-17(20)24-15(11(2)23-16)19-21-7-8-28-19/h4-8,10H,3,9H2,1-2H3,(H2,20,24)(H,22,27). The zero-order valence-electron chi connectivity index (χ0n) is 15.5. The van der Waals surface area contributed by atoms with E-state index >= 15 is 0 Å². The Balaban J connectivity index is 1.56. The van der Waals surface area contributed by atoms with Gasteiger partial charge < -0.3 is 15.5 Å². The van der Waals surface area contributed by atoms with Crippen LogP contribution in [0.25, 0.3) is 22.5 Å². The number of rotatable bonds is 5. The summed E-state index contributed by atoms with van der Waals surface area (Å²) in [4.78, 5) is 25.2. The van der Waals surface area contributed by atoms with Crippen LogP contribution in [-0.2, 0) is 13.1 Å². The molecule has 0 fully saturated rings. The van der Waals surface area contributed by atoms with E-state index in [0.29, 0.717) is 23.8 Å². The Hall–Kier alpha value is -3.75. The second-order valence-electron chi connectivity index (χ2n) is 6.25.